The predicted molar refractivity (Wildman–Crippen MR) is 63.8 cm³/mol. The Morgan fingerprint density at radius 2 is 2.06 bits per heavy atom. The predicted octanol–water partition coefficient (Wildman–Crippen LogP) is 2.73. The van der Waals surface area contributed by atoms with Crippen molar-refractivity contribution in [3.8, 4) is 16.5 Å². The summed E-state index contributed by atoms with van der Waals surface area (Å²) in [6.45, 7) is 4.22. The molecule has 16 heavy (non-hydrogen) atoms. The summed E-state index contributed by atoms with van der Waals surface area (Å²) in [6.07, 6.45) is 1.75. The number of ether oxygens (including phenoxy) is 1. The highest BCUT2D eigenvalue weighted by Gasteiger charge is 2.09. The fraction of sp³-hybridized carbons (Fsp3) is 0.364. The van der Waals surface area contributed by atoms with Gasteiger partial charge in [0.2, 0.25) is 5.88 Å². The van der Waals surface area contributed by atoms with E-state index in [2.05, 4.69) is 29.0 Å². The first-order valence-corrected chi connectivity index (χ1v) is 5.86. The second kappa shape index (κ2) is 4.57. The number of nitrogens with zero attached hydrogens (tertiary/aromatic N) is 3. The molecule has 0 radical (unpaired) electrons. The number of aromatic nitrogens is 3. The highest BCUT2D eigenvalue weighted by atomic mass is 32.1. The third-order valence-electron chi connectivity index (χ3n) is 2.13. The normalized spacial score (nSPS) is 10.8. The van der Waals surface area contributed by atoms with Crippen LogP contribution in [0.2, 0.25) is 0 Å². The molecular formula is C11H13N3OS. The van der Waals surface area contributed by atoms with E-state index in [1.54, 1.807) is 24.6 Å². The molecule has 84 valence electrons. The van der Waals surface area contributed by atoms with E-state index in [1.165, 1.54) is 0 Å². The van der Waals surface area contributed by atoms with E-state index < -0.39 is 0 Å². The Bertz CT molecular complexity index is 464. The van der Waals surface area contributed by atoms with Crippen molar-refractivity contribution in [3.63, 3.8) is 0 Å². The van der Waals surface area contributed by atoms with Gasteiger partial charge < -0.3 is 4.74 Å². The van der Waals surface area contributed by atoms with Crippen LogP contribution < -0.4 is 4.74 Å². The van der Waals surface area contributed by atoms with Gasteiger partial charge in [-0.1, -0.05) is 25.2 Å². The van der Waals surface area contributed by atoms with E-state index in [9.17, 15) is 0 Å². The lowest BCUT2D eigenvalue weighted by Crippen LogP contribution is -1.86. The minimum Gasteiger partial charge on any atom is -0.481 e. The van der Waals surface area contributed by atoms with Crippen molar-refractivity contribution in [2.24, 2.45) is 0 Å². The molecule has 0 aliphatic heterocycles. The second-order valence-corrected chi connectivity index (χ2v) is 4.70. The van der Waals surface area contributed by atoms with Gasteiger partial charge in [0.15, 0.2) is 0 Å². The Morgan fingerprint density at radius 3 is 2.56 bits per heavy atom. The topological polar surface area (TPSA) is 47.9 Å². The lowest BCUT2D eigenvalue weighted by atomic mass is 10.2. The van der Waals surface area contributed by atoms with Gasteiger partial charge in [0.1, 0.15) is 10.0 Å². The highest BCUT2D eigenvalue weighted by molar-refractivity contribution is 7.14. The summed E-state index contributed by atoms with van der Waals surface area (Å²) in [5.74, 6) is 1.02. The van der Waals surface area contributed by atoms with E-state index in [4.69, 9.17) is 4.74 Å². The van der Waals surface area contributed by atoms with Gasteiger partial charge in [-0.3, -0.25) is 0 Å². The average molecular weight is 235 g/mol. The first-order valence-electron chi connectivity index (χ1n) is 5.04. The van der Waals surface area contributed by atoms with E-state index in [1.807, 2.05) is 12.1 Å². The molecule has 0 saturated heterocycles. The van der Waals surface area contributed by atoms with Gasteiger partial charge in [0.25, 0.3) is 0 Å². The molecule has 0 saturated carbocycles. The Kier molecular flexibility index (Phi) is 3.14. The number of rotatable bonds is 3. The van der Waals surface area contributed by atoms with Crippen LogP contribution in [0.3, 0.4) is 0 Å². The van der Waals surface area contributed by atoms with E-state index in [-0.39, 0.29) is 0 Å². The van der Waals surface area contributed by atoms with Gasteiger partial charge in [0, 0.05) is 23.7 Å². The zero-order valence-electron chi connectivity index (χ0n) is 9.47. The molecule has 0 aliphatic rings. The fourth-order valence-corrected chi connectivity index (χ4v) is 2.05. The van der Waals surface area contributed by atoms with Crippen LogP contribution in [0.5, 0.6) is 5.88 Å². The lowest BCUT2D eigenvalue weighted by Gasteiger charge is -1.98. The fourth-order valence-electron chi connectivity index (χ4n) is 1.21. The molecule has 0 bridgehead atoms. The third kappa shape index (κ3) is 2.19. The van der Waals surface area contributed by atoms with Gasteiger partial charge >= 0.3 is 0 Å². The largest absolute Gasteiger partial charge is 0.481 e. The summed E-state index contributed by atoms with van der Waals surface area (Å²) in [7, 11) is 1.60. The molecule has 5 heteroatoms. The zero-order valence-corrected chi connectivity index (χ0v) is 10.3. The summed E-state index contributed by atoms with van der Waals surface area (Å²) < 4.78 is 5.00. The Balaban J connectivity index is 2.28. The summed E-state index contributed by atoms with van der Waals surface area (Å²) in [5, 5.41) is 10.2. The van der Waals surface area contributed by atoms with Crippen LogP contribution in [0.15, 0.2) is 18.3 Å². The Labute approximate surface area is 98.3 Å². The molecule has 0 unspecified atom stereocenters. The van der Waals surface area contributed by atoms with Crippen LogP contribution >= 0.6 is 11.3 Å². The van der Waals surface area contributed by atoms with Crippen LogP contribution in [-0.2, 0) is 0 Å². The molecule has 0 aromatic carbocycles. The van der Waals surface area contributed by atoms with E-state index >= 15 is 0 Å². The minimum absolute atomic E-state index is 0.414. The summed E-state index contributed by atoms with van der Waals surface area (Å²) in [6, 6.07) is 3.77. The highest BCUT2D eigenvalue weighted by Crippen LogP contribution is 2.27. The standard InChI is InChI=1S/C11H13N3OS/c1-7(2)10-13-14-11(16-10)8-4-5-9(15-3)12-6-8/h4-7H,1-3H3. The SMILES string of the molecule is COc1ccc(-c2nnc(C(C)C)s2)cn1. The minimum atomic E-state index is 0.414. The third-order valence-corrected chi connectivity index (χ3v) is 3.40. The second-order valence-electron chi connectivity index (χ2n) is 3.69. The summed E-state index contributed by atoms with van der Waals surface area (Å²) in [5.41, 5.74) is 0.977. The average Bonchev–Trinajstić information content (AvgIpc) is 2.78. The van der Waals surface area contributed by atoms with Gasteiger partial charge in [-0.05, 0) is 6.07 Å². The van der Waals surface area contributed by atoms with Crippen LogP contribution in [0, 0.1) is 0 Å². The molecule has 0 atom stereocenters. The molecule has 4 nitrogen and oxygen atoms in total. The van der Waals surface area contributed by atoms with Crippen LogP contribution in [0.4, 0.5) is 0 Å². The maximum Gasteiger partial charge on any atom is 0.212 e. The summed E-state index contributed by atoms with van der Waals surface area (Å²) in [4.78, 5) is 4.14. The molecular weight excluding hydrogens is 222 g/mol. The number of methoxy groups -OCH3 is 1. The van der Waals surface area contributed by atoms with Gasteiger partial charge in [-0.15, -0.1) is 10.2 Å². The Hall–Kier alpha value is -1.49. The van der Waals surface area contributed by atoms with Crippen molar-refractivity contribution < 1.29 is 4.74 Å². The molecule has 2 aromatic heterocycles. The van der Waals surface area contributed by atoms with Crippen molar-refractivity contribution in [3.05, 3.63) is 23.3 Å². The first kappa shape index (κ1) is 11.0. The molecule has 0 aliphatic carbocycles. The van der Waals surface area contributed by atoms with Crippen LogP contribution in [0.25, 0.3) is 10.6 Å². The van der Waals surface area contributed by atoms with Gasteiger partial charge in [-0.2, -0.15) is 0 Å². The molecule has 2 heterocycles. The van der Waals surface area contributed by atoms with Crippen molar-refractivity contribution in [2.75, 3.05) is 7.11 Å². The Morgan fingerprint density at radius 1 is 1.25 bits per heavy atom. The van der Waals surface area contributed by atoms with Gasteiger partial charge in [-0.25, -0.2) is 4.98 Å². The molecule has 2 aromatic rings. The molecule has 0 spiro atoms. The number of hydrogen-bond acceptors (Lipinski definition) is 5. The van der Waals surface area contributed by atoms with Crippen molar-refractivity contribution in [2.45, 2.75) is 19.8 Å². The molecule has 0 N–H and O–H groups in total. The van der Waals surface area contributed by atoms with Crippen LogP contribution in [-0.4, -0.2) is 22.3 Å². The monoisotopic (exact) mass is 235 g/mol. The molecule has 0 amide bonds. The molecule has 2 rings (SSSR count). The lowest BCUT2D eigenvalue weighted by molar-refractivity contribution is 0.398. The zero-order chi connectivity index (χ0) is 11.5. The van der Waals surface area contributed by atoms with E-state index in [0.717, 1.165) is 15.6 Å². The van der Waals surface area contributed by atoms with Crippen LogP contribution in [0.1, 0.15) is 24.8 Å². The molecule has 0 fully saturated rings. The maximum absolute atomic E-state index is 5.00. The first-order chi connectivity index (χ1) is 7.70. The quantitative estimate of drug-likeness (QED) is 0.820. The van der Waals surface area contributed by atoms with Crippen molar-refractivity contribution in [1.82, 2.24) is 15.2 Å². The van der Waals surface area contributed by atoms with Crippen molar-refractivity contribution >= 4 is 11.3 Å². The smallest absolute Gasteiger partial charge is 0.212 e. The van der Waals surface area contributed by atoms with Gasteiger partial charge in [0.05, 0.1) is 7.11 Å². The number of pyridine rings is 1. The van der Waals surface area contributed by atoms with Crippen molar-refractivity contribution in [1.29, 1.82) is 0 Å². The van der Waals surface area contributed by atoms with E-state index in [0.29, 0.717) is 11.8 Å². The number of hydrogen-bond donors (Lipinski definition) is 0. The summed E-state index contributed by atoms with van der Waals surface area (Å²) >= 11 is 1.60. The maximum atomic E-state index is 5.00.